The number of rotatable bonds is 13. The van der Waals surface area contributed by atoms with Crippen LogP contribution < -0.4 is 4.74 Å². The molecule has 0 amide bonds. The summed E-state index contributed by atoms with van der Waals surface area (Å²) in [5.41, 5.74) is 2.91. The van der Waals surface area contributed by atoms with E-state index in [2.05, 4.69) is 10.3 Å². The lowest BCUT2D eigenvalue weighted by atomic mass is 10.0. The van der Waals surface area contributed by atoms with E-state index in [9.17, 15) is 18.0 Å². The SMILES string of the molecule is CCO/N=C(/C(C)=N/OCc1ccccc1/C(=C\OC)C(=O)OC)c1ccc(OCc2ccc(C(F)(F)F)cc2)cc1. The molecule has 0 aliphatic rings. The second kappa shape index (κ2) is 15.3. The largest absolute Gasteiger partial charge is 0.503 e. The van der Waals surface area contributed by atoms with Crippen LogP contribution in [0.25, 0.3) is 5.57 Å². The molecule has 0 spiro atoms. The van der Waals surface area contributed by atoms with Crippen LogP contribution in [0.15, 0.2) is 89.4 Å². The molecule has 11 heteroatoms. The summed E-state index contributed by atoms with van der Waals surface area (Å²) in [5.74, 6) is -0.0377. The molecule has 0 fully saturated rings. The number of ether oxygens (including phenoxy) is 3. The number of alkyl halides is 3. The van der Waals surface area contributed by atoms with E-state index in [1.54, 1.807) is 56.3 Å². The highest BCUT2D eigenvalue weighted by Crippen LogP contribution is 2.29. The summed E-state index contributed by atoms with van der Waals surface area (Å²) in [6.07, 6.45) is -3.08. The predicted molar refractivity (Wildman–Crippen MR) is 152 cm³/mol. The van der Waals surface area contributed by atoms with Crippen molar-refractivity contribution in [3.05, 3.63) is 107 Å². The van der Waals surface area contributed by atoms with E-state index < -0.39 is 17.7 Å². The van der Waals surface area contributed by atoms with Crippen LogP contribution in [-0.4, -0.2) is 38.2 Å². The van der Waals surface area contributed by atoms with Crippen molar-refractivity contribution in [2.24, 2.45) is 10.3 Å². The molecule has 0 aliphatic carbocycles. The van der Waals surface area contributed by atoms with Gasteiger partial charge in [-0.15, -0.1) is 0 Å². The smallest absolute Gasteiger partial charge is 0.416 e. The van der Waals surface area contributed by atoms with Crippen LogP contribution in [0.1, 0.15) is 41.7 Å². The zero-order chi connectivity index (χ0) is 30.5. The molecule has 0 saturated carbocycles. The van der Waals surface area contributed by atoms with Gasteiger partial charge in [-0.05, 0) is 61.4 Å². The van der Waals surface area contributed by atoms with Crippen LogP contribution >= 0.6 is 0 Å². The van der Waals surface area contributed by atoms with Crippen molar-refractivity contribution in [1.29, 1.82) is 0 Å². The predicted octanol–water partition coefficient (Wildman–Crippen LogP) is 6.78. The molecule has 0 saturated heterocycles. The number of carbonyl (C=O) groups excluding carboxylic acids is 1. The quantitative estimate of drug-likeness (QED) is 0.0724. The Labute approximate surface area is 242 Å². The Morgan fingerprint density at radius 1 is 0.881 bits per heavy atom. The van der Waals surface area contributed by atoms with E-state index in [-0.39, 0.29) is 18.8 Å². The van der Waals surface area contributed by atoms with E-state index in [0.29, 0.717) is 46.0 Å². The van der Waals surface area contributed by atoms with E-state index in [0.717, 1.165) is 12.1 Å². The molecule has 0 radical (unpaired) electrons. The summed E-state index contributed by atoms with van der Waals surface area (Å²) in [7, 11) is 2.72. The molecule has 222 valence electrons. The molecule has 0 aliphatic heterocycles. The highest BCUT2D eigenvalue weighted by molar-refractivity contribution is 6.47. The topological polar surface area (TPSA) is 87.9 Å². The summed E-state index contributed by atoms with van der Waals surface area (Å²) in [6.45, 7) is 3.99. The first-order chi connectivity index (χ1) is 20.2. The van der Waals surface area contributed by atoms with Gasteiger partial charge in [0.25, 0.3) is 0 Å². The van der Waals surface area contributed by atoms with Gasteiger partial charge in [-0.3, -0.25) is 0 Å². The van der Waals surface area contributed by atoms with Gasteiger partial charge in [0, 0.05) is 11.1 Å². The lowest BCUT2D eigenvalue weighted by Gasteiger charge is -2.12. The molecule has 0 heterocycles. The van der Waals surface area contributed by atoms with Crippen molar-refractivity contribution < 1.29 is 41.9 Å². The Balaban J connectivity index is 1.71. The summed E-state index contributed by atoms with van der Waals surface area (Å²) in [6, 6.07) is 18.9. The third kappa shape index (κ3) is 8.85. The average Bonchev–Trinajstić information content (AvgIpc) is 2.99. The molecule has 42 heavy (non-hydrogen) atoms. The number of halogens is 3. The molecule has 0 aromatic heterocycles. The van der Waals surface area contributed by atoms with Crippen LogP contribution in [0.2, 0.25) is 0 Å². The summed E-state index contributed by atoms with van der Waals surface area (Å²) >= 11 is 0. The van der Waals surface area contributed by atoms with Crippen molar-refractivity contribution >= 4 is 23.0 Å². The number of carbonyl (C=O) groups is 1. The molecular formula is C31H31F3N2O6. The van der Waals surface area contributed by atoms with Gasteiger partial charge < -0.3 is 23.9 Å². The Bertz CT molecular complexity index is 1420. The van der Waals surface area contributed by atoms with Crippen LogP contribution in [0.3, 0.4) is 0 Å². The number of hydrogen-bond acceptors (Lipinski definition) is 8. The maximum Gasteiger partial charge on any atom is 0.416 e. The lowest BCUT2D eigenvalue weighted by molar-refractivity contribution is -0.137. The van der Waals surface area contributed by atoms with Gasteiger partial charge in [-0.2, -0.15) is 13.2 Å². The van der Waals surface area contributed by atoms with E-state index in [4.69, 9.17) is 23.9 Å². The average molecular weight is 585 g/mol. The molecule has 3 aromatic carbocycles. The van der Waals surface area contributed by atoms with Crippen molar-refractivity contribution in [1.82, 2.24) is 0 Å². The molecule has 3 rings (SSSR count). The first kappa shape index (κ1) is 31.7. The van der Waals surface area contributed by atoms with Gasteiger partial charge in [-0.1, -0.05) is 46.7 Å². The Kier molecular flexibility index (Phi) is 11.5. The monoisotopic (exact) mass is 584 g/mol. The first-order valence-corrected chi connectivity index (χ1v) is 12.8. The highest BCUT2D eigenvalue weighted by atomic mass is 19.4. The molecular weight excluding hydrogens is 553 g/mol. The van der Waals surface area contributed by atoms with Crippen molar-refractivity contribution in [3.8, 4) is 5.75 Å². The van der Waals surface area contributed by atoms with Gasteiger partial charge in [0.05, 0.1) is 26.0 Å². The minimum atomic E-state index is -4.39. The minimum Gasteiger partial charge on any atom is -0.503 e. The van der Waals surface area contributed by atoms with Gasteiger partial charge in [0.2, 0.25) is 0 Å². The fourth-order valence-corrected chi connectivity index (χ4v) is 3.72. The number of esters is 1. The van der Waals surface area contributed by atoms with E-state index >= 15 is 0 Å². The van der Waals surface area contributed by atoms with Crippen LogP contribution in [-0.2, 0) is 43.3 Å². The number of nitrogens with zero attached hydrogens (tertiary/aromatic N) is 2. The van der Waals surface area contributed by atoms with Crippen molar-refractivity contribution in [2.45, 2.75) is 33.2 Å². The summed E-state index contributed by atoms with van der Waals surface area (Å²) in [4.78, 5) is 23.2. The van der Waals surface area contributed by atoms with Gasteiger partial charge >= 0.3 is 12.1 Å². The van der Waals surface area contributed by atoms with Crippen molar-refractivity contribution in [2.75, 3.05) is 20.8 Å². The molecule has 0 bridgehead atoms. The van der Waals surface area contributed by atoms with Gasteiger partial charge in [0.15, 0.2) is 0 Å². The maximum atomic E-state index is 12.8. The normalized spacial score (nSPS) is 12.5. The van der Waals surface area contributed by atoms with E-state index in [1.807, 2.05) is 6.07 Å². The maximum absolute atomic E-state index is 12.8. The van der Waals surface area contributed by atoms with Crippen molar-refractivity contribution in [3.63, 3.8) is 0 Å². The highest BCUT2D eigenvalue weighted by Gasteiger charge is 2.29. The fourth-order valence-electron chi connectivity index (χ4n) is 3.72. The Hall–Kier alpha value is -4.80. The zero-order valence-electron chi connectivity index (χ0n) is 23.6. The number of hydrogen-bond donors (Lipinski definition) is 0. The number of oxime groups is 2. The Morgan fingerprint density at radius 3 is 2.19 bits per heavy atom. The molecule has 0 atom stereocenters. The second-order valence-corrected chi connectivity index (χ2v) is 8.73. The summed E-state index contributed by atoms with van der Waals surface area (Å²) in [5, 5.41) is 8.39. The third-order valence-corrected chi connectivity index (χ3v) is 5.81. The second-order valence-electron chi connectivity index (χ2n) is 8.73. The molecule has 0 N–H and O–H groups in total. The first-order valence-electron chi connectivity index (χ1n) is 12.8. The number of methoxy groups -OCH3 is 2. The van der Waals surface area contributed by atoms with E-state index in [1.165, 1.54) is 32.6 Å². The zero-order valence-corrected chi connectivity index (χ0v) is 23.6. The van der Waals surface area contributed by atoms with Crippen LogP contribution in [0, 0.1) is 0 Å². The van der Waals surface area contributed by atoms with Crippen LogP contribution in [0.4, 0.5) is 13.2 Å². The summed E-state index contributed by atoms with van der Waals surface area (Å²) < 4.78 is 54.0. The molecule has 3 aromatic rings. The lowest BCUT2D eigenvalue weighted by Crippen LogP contribution is -2.14. The standard InChI is InChI=1S/C31H31F3N2O6/c1-5-41-36-29(21(2)35-42-19-24-8-6-7-9-27(24)28(20-38-3)30(37)39-4)23-12-16-26(17-13-23)40-18-22-10-14-25(15-11-22)31(32,33)34/h6-17,20H,5,18-19H2,1-4H3/b28-20+,35-21+,36-29-. The van der Waals surface area contributed by atoms with Gasteiger partial charge in [0.1, 0.15) is 42.6 Å². The molecule has 8 nitrogen and oxygen atoms in total. The fraction of sp³-hybridized carbons (Fsp3) is 0.258. The Morgan fingerprint density at radius 2 is 1.57 bits per heavy atom. The van der Waals surface area contributed by atoms with Crippen LogP contribution in [0.5, 0.6) is 5.75 Å². The minimum absolute atomic E-state index is 0.0458. The van der Waals surface area contributed by atoms with Gasteiger partial charge in [-0.25, -0.2) is 4.79 Å². The molecule has 0 unspecified atom stereocenters. The third-order valence-electron chi connectivity index (χ3n) is 5.81. The number of benzene rings is 3.